The third-order valence-corrected chi connectivity index (χ3v) is 8.41. The molecule has 0 N–H and O–H groups in total. The molecule has 90 valence electrons. The highest BCUT2D eigenvalue weighted by atomic mass is 79.9. The molecule has 0 atom stereocenters. The van der Waals surface area contributed by atoms with Gasteiger partial charge in [-0.25, -0.2) is 0 Å². The topological polar surface area (TPSA) is 4.93 Å². The van der Waals surface area contributed by atoms with Crippen LogP contribution in [0.1, 0.15) is 0 Å². The number of benzene rings is 1. The quantitative estimate of drug-likeness (QED) is 0.440. The zero-order valence-electron chi connectivity index (χ0n) is 8.39. The third-order valence-electron chi connectivity index (χ3n) is 2.20. The van der Waals surface area contributed by atoms with E-state index in [-0.39, 0.29) is 0 Å². The fourth-order valence-corrected chi connectivity index (χ4v) is 7.96. The molecule has 1 aromatic carbocycles. The van der Waals surface area contributed by atoms with Crippen LogP contribution in [0.3, 0.4) is 0 Å². The molecule has 0 aliphatic heterocycles. The van der Waals surface area contributed by atoms with Crippen molar-refractivity contribution in [2.24, 2.45) is 0 Å². The summed E-state index contributed by atoms with van der Waals surface area (Å²) < 4.78 is 2.15. The second-order valence-electron chi connectivity index (χ2n) is 3.24. The van der Waals surface area contributed by atoms with Crippen LogP contribution in [-0.2, 0) is 0 Å². The van der Waals surface area contributed by atoms with Gasteiger partial charge in [0, 0.05) is 28.7 Å². The van der Waals surface area contributed by atoms with Crippen LogP contribution in [0.4, 0.5) is 0 Å². The molecule has 1 nitrogen and oxygen atoms in total. The van der Waals surface area contributed by atoms with Gasteiger partial charge in [-0.1, -0.05) is 18.2 Å². The molecule has 2 aromatic rings. The minimum absolute atomic E-state index is 0.458. The Hall–Kier alpha value is 1.28. The van der Waals surface area contributed by atoms with Gasteiger partial charge in [0.2, 0.25) is 0 Å². The minimum atomic E-state index is -0.458. The highest BCUT2D eigenvalue weighted by molar-refractivity contribution is 9.71. The third kappa shape index (κ3) is 3.64. The molecule has 0 radical (unpaired) electrons. The summed E-state index contributed by atoms with van der Waals surface area (Å²) >= 11 is 14.5. The summed E-state index contributed by atoms with van der Waals surface area (Å²) in [4.78, 5) is 0. The summed E-state index contributed by atoms with van der Waals surface area (Å²) in [5.74, 6) is 0. The average Bonchev–Trinajstić information content (AvgIpc) is 2.75. The monoisotopic (exact) mass is 519 g/mol. The standard InChI is InChI=1S/C10H7Br4NP2/c11-16(12)9-6-15(7-10(9)17(13)14)8-4-2-1-3-5-8/h1-7H. The van der Waals surface area contributed by atoms with E-state index in [4.69, 9.17) is 0 Å². The number of hydrogen-bond acceptors (Lipinski definition) is 0. The Labute approximate surface area is 135 Å². The van der Waals surface area contributed by atoms with Crippen LogP contribution in [0.25, 0.3) is 5.69 Å². The van der Waals surface area contributed by atoms with E-state index in [0.717, 1.165) is 0 Å². The van der Waals surface area contributed by atoms with E-state index in [1.807, 2.05) is 18.2 Å². The Balaban J connectivity index is 2.48. The van der Waals surface area contributed by atoms with Gasteiger partial charge in [0.1, 0.15) is 0 Å². The van der Waals surface area contributed by atoms with Crippen LogP contribution in [-0.4, -0.2) is 4.57 Å². The maximum Gasteiger partial charge on any atom is 0.0677 e. The fraction of sp³-hybridized carbons (Fsp3) is 0. The Morgan fingerprint density at radius 1 is 0.765 bits per heavy atom. The van der Waals surface area contributed by atoms with Gasteiger partial charge in [-0.15, -0.1) is 0 Å². The highest BCUT2D eigenvalue weighted by Gasteiger charge is 2.17. The van der Waals surface area contributed by atoms with Crippen LogP contribution in [0.15, 0.2) is 42.7 Å². The first-order chi connectivity index (χ1) is 8.09. The van der Waals surface area contributed by atoms with Crippen molar-refractivity contribution in [1.29, 1.82) is 0 Å². The average molecular weight is 523 g/mol. The first-order valence-corrected chi connectivity index (χ1v) is 15.4. The first-order valence-electron chi connectivity index (χ1n) is 4.60. The molecule has 1 heterocycles. The number of rotatable bonds is 3. The maximum atomic E-state index is 3.62. The molecule has 0 fully saturated rings. The van der Waals surface area contributed by atoms with Crippen molar-refractivity contribution in [3.63, 3.8) is 0 Å². The number of para-hydroxylation sites is 1. The van der Waals surface area contributed by atoms with Gasteiger partial charge in [0.15, 0.2) is 0 Å². The number of hydrogen-bond donors (Lipinski definition) is 0. The zero-order valence-corrected chi connectivity index (χ0v) is 16.5. The van der Waals surface area contributed by atoms with E-state index < -0.39 is 10.7 Å². The molecule has 0 amide bonds. The molecule has 2 rings (SSSR count). The minimum Gasteiger partial charge on any atom is -0.322 e. The molecule has 7 heteroatoms. The number of nitrogens with zero attached hydrogens (tertiary/aromatic N) is 1. The Kier molecular flexibility index (Phi) is 5.73. The van der Waals surface area contributed by atoms with Gasteiger partial charge in [-0.3, -0.25) is 0 Å². The van der Waals surface area contributed by atoms with E-state index in [1.54, 1.807) is 0 Å². The second kappa shape index (κ2) is 6.63. The SMILES string of the molecule is BrP(Br)c1cn(-c2ccccc2)cc1P(Br)Br. The maximum absolute atomic E-state index is 3.62. The van der Waals surface area contributed by atoms with Gasteiger partial charge in [0.25, 0.3) is 0 Å². The predicted octanol–water partition coefficient (Wildman–Crippen LogP) is 5.93. The van der Waals surface area contributed by atoms with Gasteiger partial charge in [0.05, 0.1) is 10.7 Å². The summed E-state index contributed by atoms with van der Waals surface area (Å²) in [6.07, 6.45) is 4.33. The van der Waals surface area contributed by atoms with E-state index in [9.17, 15) is 0 Å². The molecule has 0 bridgehead atoms. The molecular weight excluding hydrogens is 516 g/mol. The number of aromatic nitrogens is 1. The van der Waals surface area contributed by atoms with E-state index in [0.29, 0.717) is 0 Å². The molecule has 17 heavy (non-hydrogen) atoms. The van der Waals surface area contributed by atoms with Crippen molar-refractivity contribution in [1.82, 2.24) is 4.57 Å². The smallest absolute Gasteiger partial charge is 0.0677 e. The lowest BCUT2D eigenvalue weighted by molar-refractivity contribution is 1.09. The van der Waals surface area contributed by atoms with Crippen LogP contribution >= 0.6 is 72.6 Å². The Bertz CT molecular complexity index is 473. The largest absolute Gasteiger partial charge is 0.322 e. The van der Waals surface area contributed by atoms with Crippen molar-refractivity contribution in [3.8, 4) is 5.69 Å². The molecule has 0 aliphatic carbocycles. The summed E-state index contributed by atoms with van der Waals surface area (Å²) in [5, 5.41) is 1.67. The zero-order chi connectivity index (χ0) is 12.4. The van der Waals surface area contributed by atoms with E-state index in [1.165, 1.54) is 16.3 Å². The number of halogens is 4. The van der Waals surface area contributed by atoms with Crippen molar-refractivity contribution in [2.75, 3.05) is 0 Å². The van der Waals surface area contributed by atoms with Crippen molar-refractivity contribution in [3.05, 3.63) is 42.7 Å². The normalized spacial score (nSPS) is 11.4. The van der Waals surface area contributed by atoms with Gasteiger partial charge < -0.3 is 4.57 Å². The Morgan fingerprint density at radius 3 is 1.65 bits per heavy atom. The van der Waals surface area contributed by atoms with Crippen molar-refractivity contribution < 1.29 is 0 Å². The molecule has 0 aliphatic rings. The lowest BCUT2D eigenvalue weighted by atomic mass is 10.3. The molecule has 0 saturated heterocycles. The molecule has 1 aromatic heterocycles. The van der Waals surface area contributed by atoms with Crippen LogP contribution in [0, 0.1) is 0 Å². The summed E-state index contributed by atoms with van der Waals surface area (Å²) in [6, 6.07) is 10.3. The Morgan fingerprint density at radius 2 is 1.24 bits per heavy atom. The first kappa shape index (κ1) is 14.7. The highest BCUT2D eigenvalue weighted by Crippen LogP contribution is 2.56. The van der Waals surface area contributed by atoms with Gasteiger partial charge in [-0.05, 0) is 74.1 Å². The van der Waals surface area contributed by atoms with Crippen LogP contribution in [0.5, 0.6) is 0 Å². The molecule has 0 unspecified atom stereocenters. The van der Waals surface area contributed by atoms with Crippen molar-refractivity contribution >= 4 is 83.2 Å². The van der Waals surface area contributed by atoms with Gasteiger partial charge in [-0.2, -0.15) is 0 Å². The summed E-state index contributed by atoms with van der Waals surface area (Å²) in [7, 11) is 0. The lowest BCUT2D eigenvalue weighted by Gasteiger charge is -2.03. The van der Waals surface area contributed by atoms with Crippen LogP contribution in [0.2, 0.25) is 0 Å². The second-order valence-corrected chi connectivity index (χ2v) is 19.4. The van der Waals surface area contributed by atoms with Crippen molar-refractivity contribution in [2.45, 2.75) is 0 Å². The summed E-state index contributed by atoms with van der Waals surface area (Å²) in [5.41, 5.74) is 1.17. The molecule has 0 saturated carbocycles. The fourth-order valence-electron chi connectivity index (χ4n) is 1.44. The van der Waals surface area contributed by atoms with Gasteiger partial charge >= 0.3 is 0 Å². The molecular formula is C10H7Br4NP2. The molecule has 0 spiro atoms. The van der Waals surface area contributed by atoms with Crippen LogP contribution < -0.4 is 10.6 Å². The summed E-state index contributed by atoms with van der Waals surface area (Å²) in [6.45, 7) is 0. The predicted molar refractivity (Wildman–Crippen MR) is 94.6 cm³/mol. The van der Waals surface area contributed by atoms with E-state index >= 15 is 0 Å². The van der Waals surface area contributed by atoms with E-state index in [2.05, 4.69) is 91.1 Å². The lowest BCUT2D eigenvalue weighted by Crippen LogP contribution is -2.09.